The standard InChI is InChI=1S/C23H15NOS.ClHO4/c25-20-15-18-13-7-8-14-19(18)23-24(20)21(16-9-3-1-4-10-16)22(26-23)17-11-5-2-6-12-17;2-1(3,4)5/h1-15H;(H,2,3,4,5). The first-order valence-corrected chi connectivity index (χ1v) is 11.2. The van der Waals surface area contributed by atoms with Crippen LogP contribution < -0.4 is 23.0 Å². The molecule has 31 heavy (non-hydrogen) atoms. The zero-order valence-electron chi connectivity index (χ0n) is 16.0. The van der Waals surface area contributed by atoms with E-state index in [1.165, 1.54) is 0 Å². The summed E-state index contributed by atoms with van der Waals surface area (Å²) in [6, 6.07) is 30.7. The monoisotopic (exact) mass is 453 g/mol. The summed E-state index contributed by atoms with van der Waals surface area (Å²) < 4.78 is 35.9. The lowest BCUT2D eigenvalue weighted by atomic mass is 10.1. The fraction of sp³-hybridized carbons (Fsp3) is 0. The third-order valence-corrected chi connectivity index (χ3v) is 5.86. The van der Waals surface area contributed by atoms with E-state index in [2.05, 4.69) is 42.5 Å². The first-order chi connectivity index (χ1) is 14.8. The number of aromatic nitrogens is 1. The van der Waals surface area contributed by atoms with E-state index in [0.29, 0.717) is 0 Å². The van der Waals surface area contributed by atoms with Gasteiger partial charge in [0.25, 0.3) is 4.83 Å². The number of benzene rings is 3. The number of nitrogens with zero attached hydrogens (tertiary/aromatic N) is 1. The molecule has 0 unspecified atom stereocenters. The minimum Gasteiger partial charge on any atom is -0.459 e. The lowest BCUT2D eigenvalue weighted by Gasteiger charge is -2.17. The van der Waals surface area contributed by atoms with E-state index < -0.39 is 10.2 Å². The van der Waals surface area contributed by atoms with Gasteiger partial charge in [-0.2, -0.15) is 0 Å². The van der Waals surface area contributed by atoms with Gasteiger partial charge in [-0.15, -0.1) is 14.6 Å². The van der Waals surface area contributed by atoms with Crippen molar-refractivity contribution in [1.82, 2.24) is 0 Å². The molecule has 5 rings (SSSR count). The van der Waals surface area contributed by atoms with Gasteiger partial charge in [0.05, 0.1) is 11.5 Å². The molecule has 0 aliphatic rings. The Labute approximate surface area is 183 Å². The SMILES string of the molecule is Oc1cc2ccccc2c2sc(-c3ccccc3)c(-c3ccccc3)[n+]12.[O-][Cl+3]([O-])([O-])[O-]. The lowest BCUT2D eigenvalue weighted by molar-refractivity contribution is -2.00. The van der Waals surface area contributed by atoms with Crippen molar-refractivity contribution in [3.63, 3.8) is 0 Å². The molecule has 0 aliphatic carbocycles. The van der Waals surface area contributed by atoms with Crippen molar-refractivity contribution >= 4 is 26.9 Å². The molecule has 6 nitrogen and oxygen atoms in total. The van der Waals surface area contributed by atoms with Crippen LogP contribution in [0.5, 0.6) is 5.88 Å². The van der Waals surface area contributed by atoms with Gasteiger partial charge in [-0.3, -0.25) is 0 Å². The molecule has 0 bridgehead atoms. The Hall–Kier alpha value is -3.04. The molecule has 0 radical (unpaired) electrons. The minimum absolute atomic E-state index is 0.260. The molecule has 0 spiro atoms. The van der Waals surface area contributed by atoms with Crippen LogP contribution in [0.15, 0.2) is 91.0 Å². The van der Waals surface area contributed by atoms with Gasteiger partial charge in [-0.1, -0.05) is 78.1 Å². The number of rotatable bonds is 2. The molecule has 0 saturated carbocycles. The van der Waals surface area contributed by atoms with Crippen LogP contribution in [0.2, 0.25) is 0 Å². The van der Waals surface area contributed by atoms with E-state index >= 15 is 0 Å². The fourth-order valence-electron chi connectivity index (χ4n) is 3.45. The number of aromatic hydroxyl groups is 1. The van der Waals surface area contributed by atoms with Crippen molar-refractivity contribution in [1.29, 1.82) is 0 Å². The molecule has 8 heteroatoms. The average molecular weight is 454 g/mol. The Balaban J connectivity index is 0.000000418. The number of pyridine rings is 1. The lowest BCUT2D eigenvalue weighted by Crippen LogP contribution is -2.68. The van der Waals surface area contributed by atoms with Gasteiger partial charge in [0.1, 0.15) is 4.88 Å². The van der Waals surface area contributed by atoms with Crippen molar-refractivity contribution < 1.29 is 38.4 Å². The second-order valence-corrected chi connectivity index (χ2v) is 8.38. The predicted octanol–water partition coefficient (Wildman–Crippen LogP) is 0.924. The van der Waals surface area contributed by atoms with Gasteiger partial charge < -0.3 is 5.11 Å². The molecule has 2 heterocycles. The summed E-state index contributed by atoms with van der Waals surface area (Å²) in [5.41, 5.74) is 3.27. The Kier molecular flexibility index (Phi) is 5.88. The topological polar surface area (TPSA) is 117 Å². The number of hydrogen-bond acceptors (Lipinski definition) is 6. The zero-order valence-corrected chi connectivity index (χ0v) is 17.5. The summed E-state index contributed by atoms with van der Waals surface area (Å²) in [6.45, 7) is 0. The molecule has 0 atom stereocenters. The van der Waals surface area contributed by atoms with Crippen LogP contribution in [0.25, 0.3) is 37.3 Å². The van der Waals surface area contributed by atoms with Crippen molar-refractivity contribution in [3.8, 4) is 27.6 Å². The summed E-state index contributed by atoms with van der Waals surface area (Å²) >= 11 is 1.72. The van der Waals surface area contributed by atoms with Crippen LogP contribution in [0, 0.1) is 10.2 Å². The number of halogens is 1. The van der Waals surface area contributed by atoms with Crippen LogP contribution in [0.4, 0.5) is 0 Å². The van der Waals surface area contributed by atoms with Crippen LogP contribution in [-0.4, -0.2) is 5.11 Å². The van der Waals surface area contributed by atoms with Crippen LogP contribution in [0.1, 0.15) is 0 Å². The number of thiazole rings is 1. The Morgan fingerprint density at radius 2 is 1.23 bits per heavy atom. The summed E-state index contributed by atoms with van der Waals surface area (Å²) in [4.78, 5) is 2.21. The first-order valence-electron chi connectivity index (χ1n) is 9.15. The zero-order chi connectivity index (χ0) is 22.0. The van der Waals surface area contributed by atoms with Gasteiger partial charge in [0.15, 0.2) is 0 Å². The number of fused-ring (bicyclic) bond motifs is 3. The van der Waals surface area contributed by atoms with Gasteiger partial charge in [-0.25, -0.2) is 18.6 Å². The minimum atomic E-state index is -4.94. The van der Waals surface area contributed by atoms with E-state index in [4.69, 9.17) is 18.6 Å². The molecule has 156 valence electrons. The van der Waals surface area contributed by atoms with Gasteiger partial charge in [0.2, 0.25) is 5.69 Å². The molecule has 3 aromatic carbocycles. The van der Waals surface area contributed by atoms with Gasteiger partial charge in [-0.05, 0) is 29.1 Å². The average Bonchev–Trinajstić information content (AvgIpc) is 3.16. The largest absolute Gasteiger partial charge is 0.459 e. The molecule has 0 amide bonds. The Bertz CT molecular complexity index is 1330. The van der Waals surface area contributed by atoms with Crippen LogP contribution >= 0.6 is 11.3 Å². The highest BCUT2D eigenvalue weighted by atomic mass is 35.7. The van der Waals surface area contributed by atoms with E-state index in [1.807, 2.05) is 52.9 Å². The fourth-order valence-corrected chi connectivity index (χ4v) is 4.78. The Morgan fingerprint density at radius 1 is 0.710 bits per heavy atom. The van der Waals surface area contributed by atoms with E-state index in [1.54, 1.807) is 11.3 Å². The molecular weight excluding hydrogens is 438 g/mol. The number of hydrogen-bond donors (Lipinski definition) is 1. The molecule has 5 aromatic rings. The van der Waals surface area contributed by atoms with E-state index in [-0.39, 0.29) is 5.88 Å². The smallest absolute Gasteiger partial charge is 0.373 e. The third kappa shape index (κ3) is 4.67. The second-order valence-electron chi connectivity index (χ2n) is 6.62. The quantitative estimate of drug-likeness (QED) is 0.399. The summed E-state index contributed by atoms with van der Waals surface area (Å²) in [6.07, 6.45) is 0. The maximum absolute atomic E-state index is 10.8. The summed E-state index contributed by atoms with van der Waals surface area (Å²) in [5, 5.41) is 13.0. The predicted molar refractivity (Wildman–Crippen MR) is 108 cm³/mol. The summed E-state index contributed by atoms with van der Waals surface area (Å²) in [7, 11) is -4.94. The van der Waals surface area contributed by atoms with Crippen LogP contribution in [-0.2, 0) is 0 Å². The highest BCUT2D eigenvalue weighted by Gasteiger charge is 2.28. The van der Waals surface area contributed by atoms with Crippen molar-refractivity contribution in [2.24, 2.45) is 0 Å². The highest BCUT2D eigenvalue weighted by molar-refractivity contribution is 7.21. The van der Waals surface area contributed by atoms with Crippen molar-refractivity contribution in [2.75, 3.05) is 0 Å². The molecule has 0 fully saturated rings. The van der Waals surface area contributed by atoms with E-state index in [9.17, 15) is 5.11 Å². The molecule has 0 saturated heterocycles. The first kappa shape index (κ1) is 21.2. The van der Waals surface area contributed by atoms with E-state index in [0.717, 1.165) is 37.3 Å². The molecular formula is C23H16ClNO5S. The van der Waals surface area contributed by atoms with Crippen LogP contribution in [0.3, 0.4) is 0 Å². The summed E-state index contributed by atoms with van der Waals surface area (Å²) in [5.74, 6) is 0.260. The molecule has 2 aromatic heterocycles. The van der Waals surface area contributed by atoms with Gasteiger partial charge in [0, 0.05) is 5.56 Å². The van der Waals surface area contributed by atoms with Gasteiger partial charge >= 0.3 is 5.88 Å². The Morgan fingerprint density at radius 3 is 1.84 bits per heavy atom. The maximum Gasteiger partial charge on any atom is 0.373 e. The van der Waals surface area contributed by atoms with Crippen molar-refractivity contribution in [2.45, 2.75) is 0 Å². The molecule has 0 aliphatic heterocycles. The highest BCUT2D eigenvalue weighted by Crippen LogP contribution is 2.39. The molecule has 1 N–H and O–H groups in total. The van der Waals surface area contributed by atoms with Crippen molar-refractivity contribution in [3.05, 3.63) is 91.0 Å². The second kappa shape index (κ2) is 8.60. The normalized spacial score (nSPS) is 11.4. The maximum atomic E-state index is 10.8. The third-order valence-electron chi connectivity index (χ3n) is 4.63.